The lowest BCUT2D eigenvalue weighted by atomic mass is 9.91. The molecule has 140 valence electrons. The number of alkyl carbamates (subject to hydrolysis) is 1. The first-order chi connectivity index (χ1) is 12.3. The molecule has 0 bridgehead atoms. The molecule has 1 aromatic heterocycles. The van der Waals surface area contributed by atoms with Crippen LogP contribution < -0.4 is 5.32 Å². The maximum absolute atomic E-state index is 12.1. The average Bonchev–Trinajstić information content (AvgIpc) is 2.87. The molecule has 1 aromatic carbocycles. The molecule has 0 saturated heterocycles. The second-order valence-corrected chi connectivity index (χ2v) is 7.69. The van der Waals surface area contributed by atoms with Crippen molar-refractivity contribution in [1.82, 2.24) is 9.88 Å². The predicted molar refractivity (Wildman–Crippen MR) is 99.1 cm³/mol. The number of benzene rings is 1. The van der Waals surface area contributed by atoms with Crippen molar-refractivity contribution in [2.24, 2.45) is 0 Å². The van der Waals surface area contributed by atoms with Crippen molar-refractivity contribution < 1.29 is 19.1 Å². The normalized spacial score (nSPS) is 16.8. The average molecular weight is 358 g/mol. The van der Waals surface area contributed by atoms with E-state index < -0.39 is 5.60 Å². The first-order valence-electron chi connectivity index (χ1n) is 8.94. The quantitative estimate of drug-likeness (QED) is 0.856. The highest BCUT2D eigenvalue weighted by atomic mass is 16.6. The summed E-state index contributed by atoms with van der Waals surface area (Å²) in [6.07, 6.45) is 1.94. The molecule has 1 aliphatic rings. The number of hydrogen-bond donors (Lipinski definition) is 1. The third kappa shape index (κ3) is 3.84. The fourth-order valence-corrected chi connectivity index (χ4v) is 3.57. The van der Waals surface area contributed by atoms with E-state index in [0.717, 1.165) is 35.9 Å². The van der Waals surface area contributed by atoms with Crippen LogP contribution in [0.5, 0.6) is 0 Å². The first kappa shape index (κ1) is 18.3. The van der Waals surface area contributed by atoms with Gasteiger partial charge in [-0.1, -0.05) is 18.2 Å². The number of amides is 1. The topological polar surface area (TPSA) is 69.6 Å². The van der Waals surface area contributed by atoms with Crippen molar-refractivity contribution in [3.63, 3.8) is 0 Å². The third-order valence-electron chi connectivity index (χ3n) is 4.61. The Morgan fingerprint density at radius 3 is 2.69 bits per heavy atom. The maximum Gasteiger partial charge on any atom is 0.407 e. The SMILES string of the molecule is COC(=O)Cn1c2c(c3ccccc31)CC(NC(=O)OC(C)(C)C)CC2. The number of para-hydroxylation sites is 1. The highest BCUT2D eigenvalue weighted by Gasteiger charge is 2.28. The summed E-state index contributed by atoms with van der Waals surface area (Å²) in [6, 6.07) is 8.08. The van der Waals surface area contributed by atoms with Gasteiger partial charge in [0.25, 0.3) is 0 Å². The van der Waals surface area contributed by atoms with Crippen LogP contribution in [0.25, 0.3) is 10.9 Å². The van der Waals surface area contributed by atoms with Gasteiger partial charge in [0.1, 0.15) is 12.1 Å². The summed E-state index contributed by atoms with van der Waals surface area (Å²) in [6.45, 7) is 5.76. The van der Waals surface area contributed by atoms with Crippen molar-refractivity contribution in [1.29, 1.82) is 0 Å². The molecular formula is C20H26N2O4. The summed E-state index contributed by atoms with van der Waals surface area (Å²) in [5.41, 5.74) is 2.86. The van der Waals surface area contributed by atoms with E-state index in [1.807, 2.05) is 43.5 Å². The second-order valence-electron chi connectivity index (χ2n) is 7.69. The van der Waals surface area contributed by atoms with E-state index in [4.69, 9.17) is 9.47 Å². The number of nitrogens with zero attached hydrogens (tertiary/aromatic N) is 1. The number of hydrogen-bond acceptors (Lipinski definition) is 4. The molecule has 6 heteroatoms. The zero-order valence-corrected chi connectivity index (χ0v) is 15.8. The number of carbonyl (C=O) groups is 2. The molecular weight excluding hydrogens is 332 g/mol. The van der Waals surface area contributed by atoms with Crippen molar-refractivity contribution in [3.8, 4) is 0 Å². The molecule has 26 heavy (non-hydrogen) atoms. The minimum atomic E-state index is -0.513. The number of aromatic nitrogens is 1. The van der Waals surface area contributed by atoms with E-state index in [-0.39, 0.29) is 24.6 Å². The van der Waals surface area contributed by atoms with Crippen molar-refractivity contribution in [2.45, 2.75) is 58.2 Å². The van der Waals surface area contributed by atoms with E-state index in [1.165, 1.54) is 12.7 Å². The van der Waals surface area contributed by atoms with Crippen LogP contribution in [0.1, 0.15) is 38.4 Å². The number of esters is 1. The molecule has 1 N–H and O–H groups in total. The smallest absolute Gasteiger partial charge is 0.407 e. The second kappa shape index (κ2) is 7.02. The van der Waals surface area contributed by atoms with Crippen molar-refractivity contribution in [3.05, 3.63) is 35.5 Å². The Hall–Kier alpha value is -2.50. The lowest BCUT2D eigenvalue weighted by molar-refractivity contribution is -0.141. The molecule has 2 aromatic rings. The van der Waals surface area contributed by atoms with Gasteiger partial charge < -0.3 is 19.4 Å². The van der Waals surface area contributed by atoms with Crippen LogP contribution >= 0.6 is 0 Å². The Balaban J connectivity index is 1.86. The van der Waals surface area contributed by atoms with Gasteiger partial charge in [0.2, 0.25) is 0 Å². The minimum absolute atomic E-state index is 0.0229. The number of fused-ring (bicyclic) bond motifs is 3. The number of ether oxygens (including phenoxy) is 2. The first-order valence-corrected chi connectivity index (χ1v) is 8.94. The lowest BCUT2D eigenvalue weighted by Gasteiger charge is -2.27. The van der Waals surface area contributed by atoms with Gasteiger partial charge in [0, 0.05) is 22.6 Å². The molecule has 0 spiro atoms. The molecule has 0 fully saturated rings. The summed E-state index contributed by atoms with van der Waals surface area (Å²) < 4.78 is 12.3. The van der Waals surface area contributed by atoms with Gasteiger partial charge in [-0.05, 0) is 51.7 Å². The van der Waals surface area contributed by atoms with E-state index >= 15 is 0 Å². The monoisotopic (exact) mass is 358 g/mol. The largest absolute Gasteiger partial charge is 0.468 e. The third-order valence-corrected chi connectivity index (χ3v) is 4.61. The molecule has 1 amide bonds. The zero-order valence-electron chi connectivity index (χ0n) is 15.8. The van der Waals surface area contributed by atoms with Crippen molar-refractivity contribution >= 4 is 23.0 Å². The van der Waals surface area contributed by atoms with Crippen LogP contribution in [0.2, 0.25) is 0 Å². The molecule has 0 saturated carbocycles. The van der Waals surface area contributed by atoms with Gasteiger partial charge in [0.15, 0.2) is 0 Å². The molecule has 1 atom stereocenters. The standard InChI is InChI=1S/C20H26N2O4/c1-20(2,3)26-19(24)21-13-9-10-17-15(11-13)14-7-5-6-8-16(14)22(17)12-18(23)25-4/h5-8,13H,9-12H2,1-4H3,(H,21,24). The maximum atomic E-state index is 12.1. The van der Waals surface area contributed by atoms with Crippen molar-refractivity contribution in [2.75, 3.05) is 7.11 Å². The Kier molecular flexibility index (Phi) is 4.94. The van der Waals surface area contributed by atoms with E-state index in [0.29, 0.717) is 0 Å². The Labute approximate surface area is 153 Å². The van der Waals surface area contributed by atoms with Crippen LogP contribution in [0, 0.1) is 0 Å². The fraction of sp³-hybridized carbons (Fsp3) is 0.500. The zero-order chi connectivity index (χ0) is 18.9. The van der Waals surface area contributed by atoms with Crippen LogP contribution in [0.4, 0.5) is 4.79 Å². The Morgan fingerprint density at radius 2 is 2.00 bits per heavy atom. The lowest BCUT2D eigenvalue weighted by Crippen LogP contribution is -2.42. The molecule has 1 aliphatic carbocycles. The van der Waals surface area contributed by atoms with Crippen LogP contribution in [0.3, 0.4) is 0 Å². The summed E-state index contributed by atoms with van der Waals surface area (Å²) in [7, 11) is 1.40. The predicted octanol–water partition coefficient (Wildman–Crippen LogP) is 3.20. The fourth-order valence-electron chi connectivity index (χ4n) is 3.57. The van der Waals surface area contributed by atoms with E-state index in [2.05, 4.69) is 11.4 Å². The number of nitrogens with one attached hydrogen (secondary N) is 1. The summed E-state index contributed by atoms with van der Waals surface area (Å²) in [5, 5.41) is 4.11. The van der Waals surface area contributed by atoms with Crippen LogP contribution in [-0.2, 0) is 33.7 Å². The van der Waals surface area contributed by atoms with Gasteiger partial charge in [-0.15, -0.1) is 0 Å². The highest BCUT2D eigenvalue weighted by Crippen LogP contribution is 2.32. The highest BCUT2D eigenvalue weighted by molar-refractivity contribution is 5.87. The van der Waals surface area contributed by atoms with Crippen LogP contribution in [-0.4, -0.2) is 35.4 Å². The van der Waals surface area contributed by atoms with Gasteiger partial charge in [-0.3, -0.25) is 4.79 Å². The van der Waals surface area contributed by atoms with E-state index in [9.17, 15) is 9.59 Å². The summed E-state index contributed by atoms with van der Waals surface area (Å²) >= 11 is 0. The molecule has 0 radical (unpaired) electrons. The van der Waals surface area contributed by atoms with Gasteiger partial charge in [-0.25, -0.2) is 4.79 Å². The molecule has 3 rings (SSSR count). The van der Waals surface area contributed by atoms with Crippen LogP contribution in [0.15, 0.2) is 24.3 Å². The summed E-state index contributed by atoms with van der Waals surface area (Å²) in [5.74, 6) is -0.262. The number of carbonyl (C=O) groups excluding carboxylic acids is 2. The molecule has 6 nitrogen and oxygen atoms in total. The van der Waals surface area contributed by atoms with Gasteiger partial charge >= 0.3 is 12.1 Å². The number of methoxy groups -OCH3 is 1. The summed E-state index contributed by atoms with van der Waals surface area (Å²) in [4.78, 5) is 23.9. The Morgan fingerprint density at radius 1 is 1.27 bits per heavy atom. The minimum Gasteiger partial charge on any atom is -0.468 e. The van der Waals surface area contributed by atoms with Gasteiger partial charge in [-0.2, -0.15) is 0 Å². The molecule has 0 aliphatic heterocycles. The molecule has 1 unspecified atom stereocenters. The van der Waals surface area contributed by atoms with Gasteiger partial charge in [0.05, 0.1) is 7.11 Å². The van der Waals surface area contributed by atoms with E-state index in [1.54, 1.807) is 0 Å². The number of rotatable bonds is 3. The Bertz CT molecular complexity index is 832. The molecule has 1 heterocycles.